The number of aliphatic imine (C=N–C) groups is 1. The fourth-order valence-corrected chi connectivity index (χ4v) is 1.62. The second kappa shape index (κ2) is 4.09. The molecular formula is C12H13NO. The molecule has 14 heavy (non-hydrogen) atoms. The fraction of sp³-hybridized carbons (Fsp3) is 0.250. The maximum Gasteiger partial charge on any atom is 0.126 e. The second-order valence-electron chi connectivity index (χ2n) is 3.20. The maximum atomic E-state index is 5.31. The van der Waals surface area contributed by atoms with Gasteiger partial charge in [0, 0.05) is 18.3 Å². The number of benzene rings is 1. The minimum atomic E-state index is 0.879. The number of ether oxygens (including phenoxy) is 1. The van der Waals surface area contributed by atoms with Gasteiger partial charge in [-0.2, -0.15) is 0 Å². The number of methoxy groups -OCH3 is 1. The average molecular weight is 187 g/mol. The van der Waals surface area contributed by atoms with Crippen LogP contribution in [0.1, 0.15) is 12.0 Å². The Hall–Kier alpha value is -1.57. The third kappa shape index (κ3) is 1.69. The quantitative estimate of drug-likeness (QED) is 0.697. The number of para-hydroxylation sites is 1. The summed E-state index contributed by atoms with van der Waals surface area (Å²) in [4.78, 5) is 4.17. The third-order valence-electron chi connectivity index (χ3n) is 2.34. The summed E-state index contributed by atoms with van der Waals surface area (Å²) in [6.45, 7) is 0.879. The van der Waals surface area contributed by atoms with Crippen LogP contribution in [0.3, 0.4) is 0 Å². The summed E-state index contributed by atoms with van der Waals surface area (Å²) in [5, 5.41) is 0. The fourth-order valence-electron chi connectivity index (χ4n) is 1.62. The number of rotatable bonds is 2. The zero-order valence-electron chi connectivity index (χ0n) is 8.23. The molecule has 0 bridgehead atoms. The highest BCUT2D eigenvalue weighted by Gasteiger charge is 2.08. The van der Waals surface area contributed by atoms with Crippen LogP contribution in [0.5, 0.6) is 5.75 Å². The molecule has 0 spiro atoms. The Kier molecular flexibility index (Phi) is 2.63. The van der Waals surface area contributed by atoms with Crippen molar-refractivity contribution in [3.05, 3.63) is 35.9 Å². The van der Waals surface area contributed by atoms with Gasteiger partial charge in [0.15, 0.2) is 0 Å². The molecule has 0 radical (unpaired) electrons. The molecule has 1 aliphatic heterocycles. The van der Waals surface area contributed by atoms with Crippen molar-refractivity contribution in [3.63, 3.8) is 0 Å². The molecule has 0 amide bonds. The van der Waals surface area contributed by atoms with Crippen LogP contribution in [0.25, 0.3) is 5.57 Å². The molecule has 0 aliphatic carbocycles. The molecule has 0 saturated carbocycles. The molecule has 0 fully saturated rings. The first-order valence-corrected chi connectivity index (χ1v) is 4.74. The number of hydrogen-bond donors (Lipinski definition) is 0. The average Bonchev–Trinajstić information content (AvgIpc) is 2.30. The van der Waals surface area contributed by atoms with Gasteiger partial charge in [-0.25, -0.2) is 0 Å². The summed E-state index contributed by atoms with van der Waals surface area (Å²) in [6.07, 6.45) is 4.92. The van der Waals surface area contributed by atoms with E-state index in [1.165, 1.54) is 11.1 Å². The lowest BCUT2D eigenvalue weighted by Crippen LogP contribution is -1.97. The Morgan fingerprint density at radius 1 is 1.29 bits per heavy atom. The van der Waals surface area contributed by atoms with Crippen LogP contribution < -0.4 is 4.74 Å². The van der Waals surface area contributed by atoms with Crippen LogP contribution in [0.15, 0.2) is 35.3 Å². The van der Waals surface area contributed by atoms with E-state index in [2.05, 4.69) is 17.1 Å². The lowest BCUT2D eigenvalue weighted by Gasteiger charge is -2.12. The van der Waals surface area contributed by atoms with Crippen molar-refractivity contribution >= 4 is 11.8 Å². The zero-order valence-corrected chi connectivity index (χ0v) is 8.23. The number of allylic oxidation sites excluding steroid dienone is 1. The highest BCUT2D eigenvalue weighted by atomic mass is 16.5. The monoisotopic (exact) mass is 187 g/mol. The molecule has 0 atom stereocenters. The molecule has 0 unspecified atom stereocenters. The van der Waals surface area contributed by atoms with Crippen LogP contribution in [0, 0.1) is 0 Å². The first kappa shape index (κ1) is 9.00. The van der Waals surface area contributed by atoms with Gasteiger partial charge in [-0.15, -0.1) is 0 Å². The Bertz CT molecular complexity index is 380. The zero-order chi connectivity index (χ0) is 9.80. The molecule has 2 heteroatoms. The standard InChI is InChI=1S/C12H13NO/c1-14-12-5-3-2-4-11(12)10-6-8-13-9-7-10/h2-6,8H,7,9H2,1H3. The van der Waals surface area contributed by atoms with Gasteiger partial charge in [0.1, 0.15) is 5.75 Å². The second-order valence-corrected chi connectivity index (χ2v) is 3.20. The van der Waals surface area contributed by atoms with Crippen LogP contribution in [0.4, 0.5) is 0 Å². The van der Waals surface area contributed by atoms with Gasteiger partial charge in [-0.1, -0.05) is 18.2 Å². The smallest absolute Gasteiger partial charge is 0.126 e. The first-order valence-electron chi connectivity index (χ1n) is 4.74. The van der Waals surface area contributed by atoms with Gasteiger partial charge >= 0.3 is 0 Å². The Morgan fingerprint density at radius 2 is 2.14 bits per heavy atom. The van der Waals surface area contributed by atoms with E-state index < -0.39 is 0 Å². The van der Waals surface area contributed by atoms with E-state index >= 15 is 0 Å². The Morgan fingerprint density at radius 3 is 2.86 bits per heavy atom. The van der Waals surface area contributed by atoms with Gasteiger partial charge < -0.3 is 4.74 Å². The van der Waals surface area contributed by atoms with E-state index in [4.69, 9.17) is 4.74 Å². The highest BCUT2D eigenvalue weighted by molar-refractivity contribution is 5.87. The predicted octanol–water partition coefficient (Wildman–Crippen LogP) is 2.55. The topological polar surface area (TPSA) is 21.6 Å². The van der Waals surface area contributed by atoms with Gasteiger partial charge in [0.05, 0.1) is 7.11 Å². The summed E-state index contributed by atoms with van der Waals surface area (Å²) in [5.41, 5.74) is 2.48. The number of nitrogens with zero attached hydrogens (tertiary/aromatic N) is 1. The van der Waals surface area contributed by atoms with Crippen molar-refractivity contribution in [1.82, 2.24) is 0 Å². The molecule has 1 aliphatic rings. The van der Waals surface area contributed by atoms with Crippen LogP contribution in [-0.2, 0) is 0 Å². The van der Waals surface area contributed by atoms with E-state index in [9.17, 15) is 0 Å². The van der Waals surface area contributed by atoms with E-state index in [0.717, 1.165) is 18.7 Å². The number of hydrogen-bond acceptors (Lipinski definition) is 2. The molecule has 0 aromatic heterocycles. The first-order chi connectivity index (χ1) is 6.92. The van der Waals surface area contributed by atoms with E-state index in [1.54, 1.807) is 7.11 Å². The van der Waals surface area contributed by atoms with Crippen molar-refractivity contribution in [1.29, 1.82) is 0 Å². The Labute approximate surface area is 83.9 Å². The lowest BCUT2D eigenvalue weighted by atomic mass is 10.0. The molecule has 1 heterocycles. The molecule has 2 rings (SSSR count). The van der Waals surface area contributed by atoms with Crippen molar-refractivity contribution < 1.29 is 4.74 Å². The molecule has 1 aromatic carbocycles. The maximum absolute atomic E-state index is 5.31. The predicted molar refractivity (Wildman–Crippen MR) is 58.9 cm³/mol. The summed E-state index contributed by atoms with van der Waals surface area (Å²) in [6, 6.07) is 8.09. The van der Waals surface area contributed by atoms with Crippen LogP contribution in [-0.4, -0.2) is 19.9 Å². The van der Waals surface area contributed by atoms with Crippen molar-refractivity contribution in [2.45, 2.75) is 6.42 Å². The van der Waals surface area contributed by atoms with Gasteiger partial charge in [0.25, 0.3) is 0 Å². The van der Waals surface area contributed by atoms with Gasteiger partial charge in [0.2, 0.25) is 0 Å². The summed E-state index contributed by atoms with van der Waals surface area (Å²) in [5.74, 6) is 0.939. The number of dihydropyridines is 1. The SMILES string of the molecule is COc1ccccc1C1=CC=NCC1. The molecular weight excluding hydrogens is 174 g/mol. The van der Waals surface area contributed by atoms with Crippen molar-refractivity contribution in [2.24, 2.45) is 4.99 Å². The summed E-state index contributed by atoms with van der Waals surface area (Å²) >= 11 is 0. The van der Waals surface area contributed by atoms with E-state index in [-0.39, 0.29) is 0 Å². The molecule has 1 aromatic rings. The van der Waals surface area contributed by atoms with Crippen LogP contribution >= 0.6 is 0 Å². The Balaban J connectivity index is 2.39. The highest BCUT2D eigenvalue weighted by Crippen LogP contribution is 2.28. The summed E-state index contributed by atoms with van der Waals surface area (Å²) in [7, 11) is 1.70. The van der Waals surface area contributed by atoms with Gasteiger partial charge in [-0.05, 0) is 24.1 Å². The van der Waals surface area contributed by atoms with Crippen molar-refractivity contribution in [2.75, 3.05) is 13.7 Å². The molecule has 2 nitrogen and oxygen atoms in total. The molecule has 72 valence electrons. The minimum absolute atomic E-state index is 0.879. The normalized spacial score (nSPS) is 15.1. The molecule has 0 N–H and O–H groups in total. The third-order valence-corrected chi connectivity index (χ3v) is 2.34. The minimum Gasteiger partial charge on any atom is -0.496 e. The van der Waals surface area contributed by atoms with Gasteiger partial charge in [-0.3, -0.25) is 4.99 Å². The van der Waals surface area contributed by atoms with E-state index in [0.29, 0.717) is 0 Å². The van der Waals surface area contributed by atoms with E-state index in [1.807, 2.05) is 24.4 Å². The van der Waals surface area contributed by atoms with Crippen molar-refractivity contribution in [3.8, 4) is 5.75 Å². The van der Waals surface area contributed by atoms with Crippen LogP contribution in [0.2, 0.25) is 0 Å². The lowest BCUT2D eigenvalue weighted by molar-refractivity contribution is 0.413. The summed E-state index contributed by atoms with van der Waals surface area (Å²) < 4.78 is 5.31. The molecule has 0 saturated heterocycles. The largest absolute Gasteiger partial charge is 0.496 e.